The summed E-state index contributed by atoms with van der Waals surface area (Å²) in [7, 11) is -4.20. The van der Waals surface area contributed by atoms with Crippen LogP contribution >= 0.6 is 30.8 Å². The minimum atomic E-state index is -4.20. The van der Waals surface area contributed by atoms with Gasteiger partial charge in [0.25, 0.3) is 0 Å². The van der Waals surface area contributed by atoms with E-state index in [2.05, 4.69) is 25.8 Å². The molecule has 0 saturated carbocycles. The zero-order valence-corrected chi connectivity index (χ0v) is 29.1. The molecular weight excluding hydrogens is 648 g/mol. The first kappa shape index (κ1) is 36.6. The molecule has 0 fully saturated rings. The molecule has 2 atom stereocenters. The number of carbonyl (C=O) groups is 1. The lowest BCUT2D eigenvalue weighted by molar-refractivity contribution is -0.0162. The fraction of sp³-hybridized carbons (Fsp3) is 0.517. The van der Waals surface area contributed by atoms with E-state index in [9.17, 15) is 14.5 Å². The Kier molecular flexibility index (Phi) is 12.0. The van der Waals surface area contributed by atoms with E-state index in [4.69, 9.17) is 29.9 Å². The second-order valence-corrected chi connectivity index (χ2v) is 15.3. The normalized spacial score (nSPS) is 13.9. The highest BCUT2D eigenvalue weighted by atomic mass is 35.5. The fourth-order valence-corrected chi connectivity index (χ4v) is 6.98. The Morgan fingerprint density at radius 2 is 1.69 bits per heavy atom. The molecular formula is C29H40ClFN5O7PS. The van der Waals surface area contributed by atoms with Crippen molar-refractivity contribution in [2.75, 3.05) is 11.9 Å². The SMILES string of the molecule is CC(C)Nc1ccc(-c2nnc(-c3cc(F)c(OC[C@H](NC(=O)O)[C@H](C)OP(=O)(OC(C)(C)C)OC(C)(C)C)cc3Cl)s2)cn1. The monoisotopic (exact) mass is 687 g/mol. The molecule has 1 aromatic carbocycles. The predicted molar refractivity (Wildman–Crippen MR) is 173 cm³/mol. The number of nitrogens with one attached hydrogen (secondary N) is 2. The minimum absolute atomic E-state index is 0.136. The number of hydrogen-bond donors (Lipinski definition) is 3. The predicted octanol–water partition coefficient (Wildman–Crippen LogP) is 8.04. The number of nitrogens with zero attached hydrogens (tertiary/aromatic N) is 3. The molecule has 3 aromatic rings. The Morgan fingerprint density at radius 3 is 2.22 bits per heavy atom. The van der Waals surface area contributed by atoms with Gasteiger partial charge in [-0.3, -0.25) is 13.6 Å². The average Bonchev–Trinajstić information content (AvgIpc) is 3.35. The molecule has 3 N–H and O–H groups in total. The van der Waals surface area contributed by atoms with E-state index >= 15 is 4.39 Å². The number of benzene rings is 1. The number of phosphoric ester groups is 1. The lowest BCUT2D eigenvalue weighted by Crippen LogP contribution is -2.46. The van der Waals surface area contributed by atoms with Gasteiger partial charge in [-0.1, -0.05) is 22.9 Å². The largest absolute Gasteiger partial charge is 0.488 e. The van der Waals surface area contributed by atoms with Crippen LogP contribution in [0.2, 0.25) is 5.02 Å². The number of anilines is 1. The van der Waals surface area contributed by atoms with E-state index in [-0.39, 0.29) is 16.8 Å². The van der Waals surface area contributed by atoms with Crippen molar-refractivity contribution in [3.8, 4) is 26.9 Å². The number of phosphoric acid groups is 1. The Hall–Kier alpha value is -2.87. The number of aromatic nitrogens is 3. The number of hydrogen-bond acceptors (Lipinski definition) is 11. The van der Waals surface area contributed by atoms with Crippen molar-refractivity contribution in [2.24, 2.45) is 0 Å². The third-order valence-corrected chi connectivity index (χ3v) is 8.94. The number of pyridine rings is 1. The molecule has 0 unspecified atom stereocenters. The highest BCUT2D eigenvalue weighted by Crippen LogP contribution is 2.56. The van der Waals surface area contributed by atoms with Gasteiger partial charge in [-0.15, -0.1) is 10.2 Å². The van der Waals surface area contributed by atoms with Crippen LogP contribution in [0.1, 0.15) is 62.3 Å². The zero-order chi connectivity index (χ0) is 33.7. The quantitative estimate of drug-likeness (QED) is 0.150. The summed E-state index contributed by atoms with van der Waals surface area (Å²) in [6.07, 6.45) is -0.813. The minimum Gasteiger partial charge on any atom is -0.488 e. The Morgan fingerprint density at radius 1 is 1.07 bits per heavy atom. The first-order chi connectivity index (χ1) is 20.7. The van der Waals surface area contributed by atoms with E-state index in [0.717, 1.165) is 17.4 Å². The van der Waals surface area contributed by atoms with E-state index in [1.807, 2.05) is 26.0 Å². The molecule has 0 aliphatic rings. The summed E-state index contributed by atoms with van der Waals surface area (Å²) in [5, 5.41) is 24.4. The zero-order valence-electron chi connectivity index (χ0n) is 26.7. The molecule has 0 bridgehead atoms. The van der Waals surface area contributed by atoms with Crippen molar-refractivity contribution in [1.29, 1.82) is 0 Å². The van der Waals surface area contributed by atoms with Gasteiger partial charge in [0, 0.05) is 29.4 Å². The third kappa shape index (κ3) is 11.5. The van der Waals surface area contributed by atoms with Crippen molar-refractivity contribution >= 4 is 42.7 Å². The molecule has 0 radical (unpaired) electrons. The van der Waals surface area contributed by atoms with Crippen molar-refractivity contribution in [3.63, 3.8) is 0 Å². The summed E-state index contributed by atoms with van der Waals surface area (Å²) >= 11 is 7.71. The van der Waals surface area contributed by atoms with E-state index in [1.165, 1.54) is 24.3 Å². The molecule has 0 spiro atoms. The second-order valence-electron chi connectivity index (χ2n) is 12.4. The van der Waals surface area contributed by atoms with Gasteiger partial charge in [-0.2, -0.15) is 0 Å². The van der Waals surface area contributed by atoms with Crippen LogP contribution in [0.15, 0.2) is 30.5 Å². The summed E-state index contributed by atoms with van der Waals surface area (Å²) in [4.78, 5) is 15.9. The standard InChI is InChI=1S/C29H40ClFN5O7PS/c1-16(2)33-24-11-10-18(14-32-24)25-35-36-26(45-25)19-12-21(31)23(13-20(19)30)40-15-22(34-27(37)38)17(3)41-44(39,42-28(4,5)6)43-29(7,8)9/h10-14,16-17,22,34H,15H2,1-9H3,(H,32,33)(H,37,38)/t17-,22-/m0/s1. The number of carboxylic acid groups (broad SMARTS) is 1. The van der Waals surface area contributed by atoms with Crippen molar-refractivity contribution in [1.82, 2.24) is 20.5 Å². The van der Waals surface area contributed by atoms with Crippen LogP contribution in [0.5, 0.6) is 5.75 Å². The van der Waals surface area contributed by atoms with Crippen molar-refractivity contribution in [3.05, 3.63) is 41.3 Å². The lowest BCUT2D eigenvalue weighted by atomic mass is 10.2. The van der Waals surface area contributed by atoms with Gasteiger partial charge < -0.3 is 20.5 Å². The van der Waals surface area contributed by atoms with Crippen LogP contribution in [0.4, 0.5) is 15.0 Å². The van der Waals surface area contributed by atoms with Crippen molar-refractivity contribution < 1.29 is 37.2 Å². The maximum absolute atomic E-state index is 15.3. The lowest BCUT2D eigenvalue weighted by Gasteiger charge is -2.34. The molecule has 12 nitrogen and oxygen atoms in total. The van der Waals surface area contributed by atoms with Gasteiger partial charge in [-0.05, 0) is 80.5 Å². The number of halogens is 2. The van der Waals surface area contributed by atoms with Gasteiger partial charge in [0.15, 0.2) is 11.6 Å². The highest BCUT2D eigenvalue weighted by molar-refractivity contribution is 7.48. The smallest absolute Gasteiger partial charge is 0.476 e. The van der Waals surface area contributed by atoms with Gasteiger partial charge in [0.2, 0.25) is 0 Å². The maximum Gasteiger partial charge on any atom is 0.476 e. The van der Waals surface area contributed by atoms with Crippen LogP contribution in [-0.2, 0) is 18.1 Å². The molecule has 16 heteroatoms. The molecule has 1 amide bonds. The highest BCUT2D eigenvalue weighted by Gasteiger charge is 2.40. The number of rotatable bonds is 13. The molecule has 2 aromatic heterocycles. The Bertz CT molecular complexity index is 1490. The van der Waals surface area contributed by atoms with E-state index < -0.39 is 49.7 Å². The van der Waals surface area contributed by atoms with Crippen LogP contribution in [-0.4, -0.2) is 62.4 Å². The summed E-state index contributed by atoms with van der Waals surface area (Å²) in [5.74, 6) is -0.279. The van der Waals surface area contributed by atoms with E-state index in [1.54, 1.807) is 47.7 Å². The summed E-state index contributed by atoms with van der Waals surface area (Å²) in [5.41, 5.74) is -0.778. The number of ether oxygens (including phenoxy) is 1. The summed E-state index contributed by atoms with van der Waals surface area (Å²) < 4.78 is 51.4. The van der Waals surface area contributed by atoms with Crippen LogP contribution in [0.25, 0.3) is 21.1 Å². The van der Waals surface area contributed by atoms with Gasteiger partial charge in [0.05, 0.1) is 28.4 Å². The summed E-state index contributed by atoms with van der Waals surface area (Å²) in [6, 6.07) is 5.25. The Labute approximate surface area is 271 Å². The molecule has 45 heavy (non-hydrogen) atoms. The van der Waals surface area contributed by atoms with Gasteiger partial charge >= 0.3 is 13.9 Å². The first-order valence-electron chi connectivity index (χ1n) is 14.1. The first-order valence-corrected chi connectivity index (χ1v) is 16.8. The Balaban J connectivity index is 1.77. The van der Waals surface area contributed by atoms with Crippen LogP contribution in [0.3, 0.4) is 0 Å². The molecule has 3 rings (SSSR count). The molecule has 0 aliphatic heterocycles. The van der Waals surface area contributed by atoms with Gasteiger partial charge in [-0.25, -0.2) is 18.7 Å². The fourth-order valence-electron chi connectivity index (χ4n) is 3.80. The number of amides is 1. The maximum atomic E-state index is 15.3. The topological polar surface area (TPSA) is 154 Å². The summed E-state index contributed by atoms with van der Waals surface area (Å²) in [6.45, 7) is 15.1. The molecule has 0 aliphatic carbocycles. The molecule has 248 valence electrons. The van der Waals surface area contributed by atoms with Crippen LogP contribution in [0, 0.1) is 5.82 Å². The molecule has 0 saturated heterocycles. The van der Waals surface area contributed by atoms with Gasteiger partial charge in [0.1, 0.15) is 22.4 Å². The van der Waals surface area contributed by atoms with Crippen LogP contribution < -0.4 is 15.4 Å². The second kappa shape index (κ2) is 14.7. The van der Waals surface area contributed by atoms with Crippen molar-refractivity contribution in [2.45, 2.75) is 91.7 Å². The van der Waals surface area contributed by atoms with E-state index in [0.29, 0.717) is 15.6 Å². The average molecular weight is 688 g/mol. The third-order valence-electron chi connectivity index (χ3n) is 5.48. The molecule has 2 heterocycles.